The Kier molecular flexibility index (Phi) is 6.11. The third kappa shape index (κ3) is 4.01. The molecule has 0 saturated heterocycles. The van der Waals surface area contributed by atoms with E-state index in [1.165, 1.54) is 5.56 Å². The van der Waals surface area contributed by atoms with Gasteiger partial charge in [0.2, 0.25) is 17.6 Å². The van der Waals surface area contributed by atoms with Crippen LogP contribution in [0, 0.1) is 6.92 Å². The van der Waals surface area contributed by atoms with Crippen LogP contribution in [-0.2, 0) is 11.3 Å². The number of aromatic nitrogens is 2. The summed E-state index contributed by atoms with van der Waals surface area (Å²) in [6, 6.07) is 7.67. The second kappa shape index (κ2) is 8.08. The van der Waals surface area contributed by atoms with Gasteiger partial charge in [0.1, 0.15) is 12.6 Å². The van der Waals surface area contributed by atoms with Crippen LogP contribution in [0.5, 0.6) is 0 Å². The number of aryl methyl sites for hydroxylation is 1. The molecule has 1 aliphatic rings. The maximum Gasteiger partial charge on any atom is 0.246 e. The van der Waals surface area contributed by atoms with Crippen LogP contribution in [0.4, 0.5) is 0 Å². The van der Waals surface area contributed by atoms with E-state index in [1.54, 1.807) is 4.90 Å². The largest absolute Gasteiger partial charge is 0.337 e. The number of benzene rings is 1. The molecule has 1 aliphatic heterocycles. The number of hydrogen-bond donors (Lipinski definition) is 1. The van der Waals surface area contributed by atoms with Crippen LogP contribution in [0.3, 0.4) is 0 Å². The van der Waals surface area contributed by atoms with Crippen molar-refractivity contribution in [3.63, 3.8) is 0 Å². The molecule has 2 heterocycles. The van der Waals surface area contributed by atoms with Gasteiger partial charge in [0.25, 0.3) is 0 Å². The Morgan fingerprint density at radius 2 is 2.12 bits per heavy atom. The molecular formula is C17H21ClN4O2. The fourth-order valence-electron chi connectivity index (χ4n) is 2.48. The van der Waals surface area contributed by atoms with E-state index in [0.717, 1.165) is 12.1 Å². The number of carbonyl (C=O) groups is 1. The predicted molar refractivity (Wildman–Crippen MR) is 93.7 cm³/mol. The summed E-state index contributed by atoms with van der Waals surface area (Å²) in [5.41, 5.74) is 2.08. The summed E-state index contributed by atoms with van der Waals surface area (Å²) >= 11 is 0. The van der Waals surface area contributed by atoms with Crippen molar-refractivity contribution in [1.29, 1.82) is 0 Å². The molecule has 7 heteroatoms. The number of rotatable bonds is 5. The van der Waals surface area contributed by atoms with Gasteiger partial charge in [-0.2, -0.15) is 4.98 Å². The van der Waals surface area contributed by atoms with E-state index in [2.05, 4.69) is 15.5 Å². The SMILES string of the molecule is CCN(Cc1nc(-c2ccc(C)cc2)no1)C(=O)C1C=CCN1.Cl. The molecule has 0 fully saturated rings. The van der Waals surface area contributed by atoms with Gasteiger partial charge in [-0.05, 0) is 13.8 Å². The molecule has 1 atom stereocenters. The second-order valence-electron chi connectivity index (χ2n) is 5.54. The molecule has 6 nitrogen and oxygen atoms in total. The van der Waals surface area contributed by atoms with E-state index in [1.807, 2.05) is 50.3 Å². The van der Waals surface area contributed by atoms with Gasteiger partial charge in [-0.1, -0.05) is 47.1 Å². The third-order valence-corrected chi connectivity index (χ3v) is 3.85. The number of hydrogen-bond acceptors (Lipinski definition) is 5. The summed E-state index contributed by atoms with van der Waals surface area (Å²) in [5.74, 6) is 1.01. The van der Waals surface area contributed by atoms with Crippen LogP contribution in [0.1, 0.15) is 18.4 Å². The molecule has 0 aliphatic carbocycles. The average molecular weight is 349 g/mol. The van der Waals surface area contributed by atoms with E-state index >= 15 is 0 Å². The number of nitrogens with zero attached hydrogens (tertiary/aromatic N) is 3. The first kappa shape index (κ1) is 18.2. The fourth-order valence-corrected chi connectivity index (χ4v) is 2.48. The smallest absolute Gasteiger partial charge is 0.246 e. The maximum absolute atomic E-state index is 12.4. The molecule has 0 saturated carbocycles. The van der Waals surface area contributed by atoms with Crippen molar-refractivity contribution in [2.24, 2.45) is 0 Å². The average Bonchev–Trinajstić information content (AvgIpc) is 3.24. The molecule has 0 bridgehead atoms. The zero-order valence-corrected chi connectivity index (χ0v) is 14.5. The highest BCUT2D eigenvalue weighted by atomic mass is 35.5. The van der Waals surface area contributed by atoms with Gasteiger partial charge < -0.3 is 9.42 Å². The van der Waals surface area contributed by atoms with Gasteiger partial charge in [0, 0.05) is 18.7 Å². The minimum absolute atomic E-state index is 0. The molecule has 1 N–H and O–H groups in total. The Morgan fingerprint density at radius 1 is 1.38 bits per heavy atom. The minimum Gasteiger partial charge on any atom is -0.337 e. The van der Waals surface area contributed by atoms with E-state index in [0.29, 0.717) is 24.8 Å². The van der Waals surface area contributed by atoms with E-state index in [-0.39, 0.29) is 24.4 Å². The van der Waals surface area contributed by atoms with Crippen molar-refractivity contribution < 1.29 is 9.32 Å². The Balaban J connectivity index is 0.00000208. The van der Waals surface area contributed by atoms with Crippen molar-refractivity contribution in [3.8, 4) is 11.4 Å². The van der Waals surface area contributed by atoms with Gasteiger partial charge >= 0.3 is 0 Å². The summed E-state index contributed by atoms with van der Waals surface area (Å²) in [4.78, 5) is 18.5. The van der Waals surface area contributed by atoms with E-state index < -0.39 is 0 Å². The lowest BCUT2D eigenvalue weighted by atomic mass is 10.1. The van der Waals surface area contributed by atoms with Gasteiger partial charge in [0.05, 0.1) is 0 Å². The predicted octanol–water partition coefficient (Wildman–Crippen LogP) is 2.34. The summed E-state index contributed by atoms with van der Waals surface area (Å²) in [6.07, 6.45) is 3.84. The lowest BCUT2D eigenvalue weighted by molar-refractivity contribution is -0.132. The second-order valence-corrected chi connectivity index (χ2v) is 5.54. The first-order valence-electron chi connectivity index (χ1n) is 7.76. The number of halogens is 1. The lowest BCUT2D eigenvalue weighted by Gasteiger charge is -2.21. The minimum atomic E-state index is -0.255. The molecular weight excluding hydrogens is 328 g/mol. The van der Waals surface area contributed by atoms with Crippen LogP contribution >= 0.6 is 12.4 Å². The standard InChI is InChI=1S/C17H20N4O2.ClH/c1-3-21(17(22)14-5-4-10-18-14)11-15-19-16(20-23-15)13-8-6-12(2)7-9-13;/h4-9,14,18H,3,10-11H2,1-2H3;1H. The normalized spacial score (nSPS) is 16.0. The first-order valence-corrected chi connectivity index (χ1v) is 7.76. The Labute approximate surface area is 147 Å². The van der Waals surface area contributed by atoms with Crippen LogP contribution in [0.15, 0.2) is 40.9 Å². The molecule has 0 radical (unpaired) electrons. The van der Waals surface area contributed by atoms with Gasteiger partial charge in [-0.3, -0.25) is 10.1 Å². The fraction of sp³-hybridized carbons (Fsp3) is 0.353. The zero-order chi connectivity index (χ0) is 16.2. The summed E-state index contributed by atoms with van der Waals surface area (Å²) in [6.45, 7) is 5.61. The number of nitrogens with one attached hydrogen (secondary N) is 1. The molecule has 0 spiro atoms. The van der Waals surface area contributed by atoms with Crippen molar-refractivity contribution in [2.75, 3.05) is 13.1 Å². The van der Waals surface area contributed by atoms with E-state index in [4.69, 9.17) is 4.52 Å². The molecule has 1 amide bonds. The van der Waals surface area contributed by atoms with Crippen molar-refractivity contribution >= 4 is 18.3 Å². The first-order chi connectivity index (χ1) is 11.2. The molecule has 128 valence electrons. The van der Waals surface area contributed by atoms with Crippen LogP contribution in [0.25, 0.3) is 11.4 Å². The Morgan fingerprint density at radius 3 is 2.75 bits per heavy atom. The maximum atomic E-state index is 12.4. The molecule has 1 aromatic heterocycles. The molecule has 3 rings (SSSR count). The van der Waals surface area contributed by atoms with Gasteiger partial charge in [-0.15, -0.1) is 12.4 Å². The summed E-state index contributed by atoms with van der Waals surface area (Å²) in [7, 11) is 0. The number of likely N-dealkylation sites (N-methyl/N-ethyl adjacent to an activating group) is 1. The van der Waals surface area contributed by atoms with Crippen molar-refractivity contribution in [1.82, 2.24) is 20.4 Å². The van der Waals surface area contributed by atoms with Crippen LogP contribution < -0.4 is 5.32 Å². The van der Waals surface area contributed by atoms with Gasteiger partial charge in [0.15, 0.2) is 0 Å². The van der Waals surface area contributed by atoms with Crippen molar-refractivity contribution in [2.45, 2.75) is 26.4 Å². The molecule has 1 unspecified atom stereocenters. The summed E-state index contributed by atoms with van der Waals surface area (Å²) in [5, 5.41) is 7.13. The highest BCUT2D eigenvalue weighted by Gasteiger charge is 2.24. The van der Waals surface area contributed by atoms with E-state index in [9.17, 15) is 4.79 Å². The van der Waals surface area contributed by atoms with Crippen LogP contribution in [0.2, 0.25) is 0 Å². The topological polar surface area (TPSA) is 71.3 Å². The van der Waals surface area contributed by atoms with Crippen molar-refractivity contribution in [3.05, 3.63) is 47.9 Å². The number of amides is 1. The zero-order valence-electron chi connectivity index (χ0n) is 13.7. The molecule has 24 heavy (non-hydrogen) atoms. The molecule has 1 aromatic carbocycles. The van der Waals surface area contributed by atoms with Crippen LogP contribution in [-0.4, -0.2) is 40.1 Å². The molecule has 2 aromatic rings. The Bertz CT molecular complexity index is 712. The summed E-state index contributed by atoms with van der Waals surface area (Å²) < 4.78 is 5.30. The third-order valence-electron chi connectivity index (χ3n) is 3.85. The highest BCUT2D eigenvalue weighted by molar-refractivity contribution is 5.85. The lowest BCUT2D eigenvalue weighted by Crippen LogP contribution is -2.43. The Hall–Kier alpha value is -2.18. The monoisotopic (exact) mass is 348 g/mol. The van der Waals surface area contributed by atoms with Gasteiger partial charge in [-0.25, -0.2) is 0 Å². The quantitative estimate of drug-likeness (QED) is 0.840. The highest BCUT2D eigenvalue weighted by Crippen LogP contribution is 2.17. The number of carbonyl (C=O) groups excluding carboxylic acids is 1.